The van der Waals surface area contributed by atoms with E-state index in [4.69, 9.17) is 16.6 Å². The Morgan fingerprint density at radius 3 is 2.48 bits per heavy atom. The van der Waals surface area contributed by atoms with E-state index in [1.165, 1.54) is 0 Å². The first kappa shape index (κ1) is 16.0. The lowest BCUT2D eigenvalue weighted by Gasteiger charge is -2.33. The van der Waals surface area contributed by atoms with Crippen molar-refractivity contribution in [3.63, 3.8) is 0 Å². The van der Waals surface area contributed by atoms with E-state index in [9.17, 15) is 0 Å². The quantitative estimate of drug-likeness (QED) is 0.935. The number of aromatic nitrogens is 2. The third-order valence-electron chi connectivity index (χ3n) is 4.10. The Bertz CT molecular complexity index is 695. The number of nitrogens with zero attached hydrogens (tertiary/aromatic N) is 4. The Morgan fingerprint density at radius 1 is 1.04 bits per heavy atom. The molecule has 1 aromatic heterocycles. The molecule has 0 saturated carbocycles. The number of rotatable bonds is 3. The van der Waals surface area contributed by atoms with Crippen molar-refractivity contribution < 1.29 is 0 Å². The van der Waals surface area contributed by atoms with Crippen LogP contribution in [0.5, 0.6) is 0 Å². The van der Waals surface area contributed by atoms with Crippen LogP contribution in [0.15, 0.2) is 24.3 Å². The van der Waals surface area contributed by atoms with Crippen molar-refractivity contribution in [1.29, 1.82) is 0 Å². The van der Waals surface area contributed by atoms with Gasteiger partial charge in [0.1, 0.15) is 5.82 Å². The molecule has 0 radical (unpaired) electrons. The molecule has 1 fully saturated rings. The summed E-state index contributed by atoms with van der Waals surface area (Å²) in [5.41, 5.74) is 3.01. The highest BCUT2D eigenvalue weighted by Crippen LogP contribution is 2.24. The van der Waals surface area contributed by atoms with Crippen LogP contribution in [-0.4, -0.2) is 48.1 Å². The Morgan fingerprint density at radius 2 is 1.78 bits per heavy atom. The molecular weight excluding hydrogens is 310 g/mol. The fraction of sp³-hybridized carbons (Fsp3) is 0.412. The summed E-state index contributed by atoms with van der Waals surface area (Å²) in [6.45, 7) is 8.12. The predicted molar refractivity (Wildman–Crippen MR) is 96.0 cm³/mol. The van der Waals surface area contributed by atoms with Crippen molar-refractivity contribution >= 4 is 29.1 Å². The second-order valence-electron chi connectivity index (χ2n) is 6.07. The number of halogens is 1. The van der Waals surface area contributed by atoms with E-state index < -0.39 is 0 Å². The molecule has 0 spiro atoms. The SMILES string of the molecule is Cc1cc(N2CCN(C)CC2)nc(Nc2ccc(Cl)cc2C)n1. The first-order valence-electron chi connectivity index (χ1n) is 7.83. The molecule has 122 valence electrons. The van der Waals surface area contributed by atoms with Gasteiger partial charge in [-0.15, -0.1) is 0 Å². The van der Waals surface area contributed by atoms with Gasteiger partial charge < -0.3 is 15.1 Å². The molecule has 0 atom stereocenters. The highest BCUT2D eigenvalue weighted by molar-refractivity contribution is 6.30. The minimum atomic E-state index is 0.629. The molecule has 0 bridgehead atoms. The van der Waals surface area contributed by atoms with Crippen LogP contribution in [0.1, 0.15) is 11.3 Å². The number of likely N-dealkylation sites (N-methyl/N-ethyl adjacent to an activating group) is 1. The molecule has 1 aliphatic heterocycles. The average molecular weight is 332 g/mol. The van der Waals surface area contributed by atoms with Gasteiger partial charge in [-0.3, -0.25) is 0 Å². The molecule has 2 heterocycles. The van der Waals surface area contributed by atoms with Gasteiger partial charge in [0.2, 0.25) is 5.95 Å². The van der Waals surface area contributed by atoms with Gasteiger partial charge in [-0.25, -0.2) is 4.98 Å². The lowest BCUT2D eigenvalue weighted by molar-refractivity contribution is 0.312. The number of anilines is 3. The summed E-state index contributed by atoms with van der Waals surface area (Å²) in [7, 11) is 2.15. The van der Waals surface area contributed by atoms with Gasteiger partial charge in [-0.2, -0.15) is 4.98 Å². The molecule has 0 aliphatic carbocycles. The Labute approximate surface area is 142 Å². The molecule has 0 amide bonds. The average Bonchev–Trinajstić information content (AvgIpc) is 2.50. The van der Waals surface area contributed by atoms with Crippen molar-refractivity contribution in [3.05, 3.63) is 40.5 Å². The molecular formula is C17H22ClN5. The zero-order chi connectivity index (χ0) is 16.4. The fourth-order valence-corrected chi connectivity index (χ4v) is 2.92. The standard InChI is InChI=1S/C17H22ClN5/c1-12-10-14(18)4-5-15(12)20-17-19-13(2)11-16(21-17)23-8-6-22(3)7-9-23/h4-5,10-11H,6-9H2,1-3H3,(H,19,20,21). The lowest BCUT2D eigenvalue weighted by atomic mass is 10.2. The number of hydrogen-bond acceptors (Lipinski definition) is 5. The van der Waals surface area contributed by atoms with Crippen LogP contribution >= 0.6 is 11.6 Å². The van der Waals surface area contributed by atoms with Gasteiger partial charge in [-0.1, -0.05) is 11.6 Å². The van der Waals surface area contributed by atoms with Gasteiger partial charge in [0.15, 0.2) is 0 Å². The Kier molecular flexibility index (Phi) is 4.68. The number of hydrogen-bond donors (Lipinski definition) is 1. The highest BCUT2D eigenvalue weighted by atomic mass is 35.5. The zero-order valence-corrected chi connectivity index (χ0v) is 14.6. The maximum Gasteiger partial charge on any atom is 0.229 e. The van der Waals surface area contributed by atoms with Crippen LogP contribution in [0.2, 0.25) is 5.02 Å². The first-order valence-corrected chi connectivity index (χ1v) is 8.21. The summed E-state index contributed by atoms with van der Waals surface area (Å²) in [6, 6.07) is 7.80. The topological polar surface area (TPSA) is 44.3 Å². The van der Waals surface area contributed by atoms with Gasteiger partial charge >= 0.3 is 0 Å². The van der Waals surface area contributed by atoms with Crippen LogP contribution in [0, 0.1) is 13.8 Å². The first-order chi connectivity index (χ1) is 11.0. The highest BCUT2D eigenvalue weighted by Gasteiger charge is 2.16. The molecule has 3 rings (SSSR count). The predicted octanol–water partition coefficient (Wildman–Crippen LogP) is 3.24. The van der Waals surface area contributed by atoms with E-state index in [2.05, 4.69) is 27.1 Å². The molecule has 1 aromatic carbocycles. The normalized spacial score (nSPS) is 15.7. The van der Waals surface area contributed by atoms with E-state index in [-0.39, 0.29) is 0 Å². The van der Waals surface area contributed by atoms with Gasteiger partial charge in [0.05, 0.1) is 0 Å². The van der Waals surface area contributed by atoms with E-state index in [1.807, 2.05) is 38.1 Å². The molecule has 1 N–H and O–H groups in total. The van der Waals surface area contributed by atoms with Gasteiger partial charge in [0, 0.05) is 48.6 Å². The van der Waals surface area contributed by atoms with Crippen molar-refractivity contribution in [2.75, 3.05) is 43.4 Å². The number of piperazine rings is 1. The second-order valence-corrected chi connectivity index (χ2v) is 6.50. The van der Waals surface area contributed by atoms with Crippen molar-refractivity contribution in [2.24, 2.45) is 0 Å². The Hall–Kier alpha value is -1.85. The molecule has 23 heavy (non-hydrogen) atoms. The number of benzene rings is 1. The van der Waals surface area contributed by atoms with E-state index in [1.54, 1.807) is 0 Å². The van der Waals surface area contributed by atoms with Crippen LogP contribution in [0.3, 0.4) is 0 Å². The number of aryl methyl sites for hydroxylation is 2. The molecule has 5 nitrogen and oxygen atoms in total. The zero-order valence-electron chi connectivity index (χ0n) is 13.8. The van der Waals surface area contributed by atoms with Crippen molar-refractivity contribution in [2.45, 2.75) is 13.8 Å². The number of nitrogens with one attached hydrogen (secondary N) is 1. The van der Waals surface area contributed by atoms with Crippen LogP contribution in [0.25, 0.3) is 0 Å². The fourth-order valence-electron chi connectivity index (χ4n) is 2.69. The van der Waals surface area contributed by atoms with Crippen LogP contribution < -0.4 is 10.2 Å². The third kappa shape index (κ3) is 3.92. The molecule has 1 aliphatic rings. The van der Waals surface area contributed by atoms with Gasteiger partial charge in [-0.05, 0) is 44.7 Å². The van der Waals surface area contributed by atoms with Crippen molar-refractivity contribution in [3.8, 4) is 0 Å². The summed E-state index contributed by atoms with van der Waals surface area (Å²) < 4.78 is 0. The smallest absolute Gasteiger partial charge is 0.229 e. The molecule has 0 unspecified atom stereocenters. The Balaban J connectivity index is 1.82. The van der Waals surface area contributed by atoms with Crippen LogP contribution in [-0.2, 0) is 0 Å². The summed E-state index contributed by atoms with van der Waals surface area (Å²) in [6.07, 6.45) is 0. The monoisotopic (exact) mass is 331 g/mol. The maximum atomic E-state index is 6.01. The summed E-state index contributed by atoms with van der Waals surface area (Å²) in [5.74, 6) is 1.61. The lowest BCUT2D eigenvalue weighted by Crippen LogP contribution is -2.44. The van der Waals surface area contributed by atoms with E-state index in [0.29, 0.717) is 5.95 Å². The summed E-state index contributed by atoms with van der Waals surface area (Å²) in [4.78, 5) is 13.9. The summed E-state index contributed by atoms with van der Waals surface area (Å²) >= 11 is 6.01. The summed E-state index contributed by atoms with van der Waals surface area (Å²) in [5, 5.41) is 4.04. The van der Waals surface area contributed by atoms with E-state index >= 15 is 0 Å². The minimum absolute atomic E-state index is 0.629. The third-order valence-corrected chi connectivity index (χ3v) is 4.34. The molecule has 6 heteroatoms. The van der Waals surface area contributed by atoms with Crippen LogP contribution in [0.4, 0.5) is 17.5 Å². The largest absolute Gasteiger partial charge is 0.354 e. The maximum absolute atomic E-state index is 6.01. The molecule has 2 aromatic rings. The minimum Gasteiger partial charge on any atom is -0.354 e. The molecule has 1 saturated heterocycles. The van der Waals surface area contributed by atoms with E-state index in [0.717, 1.165) is 54.0 Å². The van der Waals surface area contributed by atoms with Gasteiger partial charge in [0.25, 0.3) is 0 Å². The van der Waals surface area contributed by atoms with Crippen molar-refractivity contribution in [1.82, 2.24) is 14.9 Å². The second kappa shape index (κ2) is 6.72.